The van der Waals surface area contributed by atoms with Gasteiger partial charge in [-0.1, -0.05) is 30.3 Å². The van der Waals surface area contributed by atoms with Crippen LogP contribution in [0.2, 0.25) is 0 Å². The molecule has 1 aliphatic rings. The number of ketones is 1. The van der Waals surface area contributed by atoms with Crippen molar-refractivity contribution in [2.75, 3.05) is 6.61 Å². The van der Waals surface area contributed by atoms with Crippen LogP contribution in [0.1, 0.15) is 34.1 Å². The molecule has 4 nitrogen and oxygen atoms in total. The molecule has 1 atom stereocenters. The molecule has 3 rings (SSSR count). The Hall–Kier alpha value is -2.36. The summed E-state index contributed by atoms with van der Waals surface area (Å²) in [6.45, 7) is 0.449. The van der Waals surface area contributed by atoms with Crippen LogP contribution in [0.4, 0.5) is 0 Å². The summed E-state index contributed by atoms with van der Waals surface area (Å²) in [7, 11) is 0. The molecule has 0 radical (unpaired) electrons. The Kier molecular flexibility index (Phi) is 2.91. The lowest BCUT2D eigenvalue weighted by Gasteiger charge is -2.02. The molecule has 1 saturated heterocycles. The van der Waals surface area contributed by atoms with Crippen LogP contribution in [0, 0.1) is 0 Å². The van der Waals surface area contributed by atoms with Crippen molar-refractivity contribution in [1.82, 2.24) is 4.98 Å². The Morgan fingerprint density at radius 1 is 1.16 bits per heavy atom. The van der Waals surface area contributed by atoms with Gasteiger partial charge in [-0.15, -0.1) is 0 Å². The highest BCUT2D eigenvalue weighted by Crippen LogP contribution is 2.26. The van der Waals surface area contributed by atoms with Gasteiger partial charge in [-0.05, 0) is 12.1 Å². The molecule has 1 aromatic heterocycles. The maximum absolute atomic E-state index is 12.2. The number of hydrogen-bond donors (Lipinski definition) is 1. The zero-order valence-electron chi connectivity index (χ0n) is 10.3. The van der Waals surface area contributed by atoms with E-state index in [-0.39, 0.29) is 17.7 Å². The van der Waals surface area contributed by atoms with Gasteiger partial charge < -0.3 is 9.72 Å². The molecule has 0 saturated carbocycles. The lowest BCUT2D eigenvalue weighted by atomic mass is 10.1. The first kappa shape index (κ1) is 11.7. The monoisotopic (exact) mass is 255 g/mol. The van der Waals surface area contributed by atoms with Gasteiger partial charge in [0.05, 0.1) is 12.3 Å². The molecular formula is C15H13NO3. The molecule has 0 bridgehead atoms. The van der Waals surface area contributed by atoms with Gasteiger partial charge in [0.2, 0.25) is 5.78 Å². The molecule has 96 valence electrons. The van der Waals surface area contributed by atoms with Crippen molar-refractivity contribution in [2.45, 2.75) is 12.3 Å². The first-order valence-corrected chi connectivity index (χ1v) is 6.21. The number of hydrogen-bond acceptors (Lipinski definition) is 3. The predicted octanol–water partition coefficient (Wildman–Crippen LogP) is 2.28. The maximum Gasteiger partial charge on any atom is 0.315 e. The molecule has 2 heterocycles. The molecule has 1 aromatic carbocycles. The van der Waals surface area contributed by atoms with Crippen LogP contribution in [0.15, 0.2) is 42.5 Å². The Morgan fingerprint density at radius 2 is 1.95 bits per heavy atom. The summed E-state index contributed by atoms with van der Waals surface area (Å²) in [6, 6.07) is 12.6. The standard InChI is InChI=1S/C15H13NO3/c17-14(10-4-2-1-3-5-10)13-7-6-12(16-13)11-8-9-19-15(11)18/h1-7,11,16H,8-9H2. The lowest BCUT2D eigenvalue weighted by molar-refractivity contribution is -0.139. The van der Waals surface area contributed by atoms with Crippen LogP contribution in [-0.4, -0.2) is 23.3 Å². The van der Waals surface area contributed by atoms with Crippen LogP contribution in [-0.2, 0) is 9.53 Å². The number of esters is 1. The highest BCUT2D eigenvalue weighted by molar-refractivity contribution is 6.07. The summed E-state index contributed by atoms with van der Waals surface area (Å²) in [4.78, 5) is 26.7. The van der Waals surface area contributed by atoms with Crippen LogP contribution >= 0.6 is 0 Å². The van der Waals surface area contributed by atoms with E-state index in [1.54, 1.807) is 24.3 Å². The van der Waals surface area contributed by atoms with Crippen molar-refractivity contribution in [3.63, 3.8) is 0 Å². The number of benzene rings is 1. The van der Waals surface area contributed by atoms with E-state index in [1.165, 1.54) is 0 Å². The average molecular weight is 255 g/mol. The minimum atomic E-state index is -0.266. The number of aromatic amines is 1. The molecule has 4 heteroatoms. The second kappa shape index (κ2) is 4.72. The molecule has 0 aliphatic carbocycles. The highest BCUT2D eigenvalue weighted by atomic mass is 16.5. The van der Waals surface area contributed by atoms with E-state index in [4.69, 9.17) is 4.74 Å². The van der Waals surface area contributed by atoms with Crippen LogP contribution in [0.3, 0.4) is 0 Å². The SMILES string of the molecule is O=C(c1ccccc1)c1ccc(C2CCOC2=O)[nH]1. The minimum absolute atomic E-state index is 0.0711. The fourth-order valence-electron chi connectivity index (χ4n) is 2.27. The van der Waals surface area contributed by atoms with Gasteiger partial charge in [-0.25, -0.2) is 0 Å². The quantitative estimate of drug-likeness (QED) is 0.676. The summed E-state index contributed by atoms with van der Waals surface area (Å²) in [5.74, 6) is -0.559. The van der Waals surface area contributed by atoms with Crippen molar-refractivity contribution in [3.8, 4) is 0 Å². The smallest absolute Gasteiger partial charge is 0.315 e. The summed E-state index contributed by atoms with van der Waals surface area (Å²) >= 11 is 0. The molecule has 1 unspecified atom stereocenters. The molecular weight excluding hydrogens is 242 g/mol. The third kappa shape index (κ3) is 2.17. The first-order chi connectivity index (χ1) is 9.25. The van der Waals surface area contributed by atoms with Crippen molar-refractivity contribution < 1.29 is 14.3 Å². The van der Waals surface area contributed by atoms with Gasteiger partial charge in [-0.2, -0.15) is 0 Å². The molecule has 1 fully saturated rings. The molecule has 19 heavy (non-hydrogen) atoms. The fraction of sp³-hybridized carbons (Fsp3) is 0.200. The molecule has 2 aromatic rings. The number of aromatic nitrogens is 1. The van der Waals surface area contributed by atoms with E-state index in [0.717, 1.165) is 5.69 Å². The zero-order valence-corrected chi connectivity index (χ0v) is 10.3. The first-order valence-electron chi connectivity index (χ1n) is 6.21. The van der Waals surface area contributed by atoms with Gasteiger partial charge in [0.25, 0.3) is 0 Å². The Morgan fingerprint density at radius 3 is 2.63 bits per heavy atom. The van der Waals surface area contributed by atoms with Crippen molar-refractivity contribution in [3.05, 3.63) is 59.4 Å². The number of H-pyrrole nitrogens is 1. The van der Waals surface area contributed by atoms with E-state index in [1.807, 2.05) is 18.2 Å². The second-order valence-electron chi connectivity index (χ2n) is 4.53. The van der Waals surface area contributed by atoms with E-state index < -0.39 is 0 Å². The summed E-state index contributed by atoms with van der Waals surface area (Å²) in [5, 5.41) is 0. The van der Waals surface area contributed by atoms with Gasteiger partial charge in [0.1, 0.15) is 5.92 Å². The predicted molar refractivity (Wildman–Crippen MR) is 69.0 cm³/mol. The number of carbonyl (C=O) groups is 2. The summed E-state index contributed by atoms with van der Waals surface area (Å²) in [6.07, 6.45) is 0.665. The Balaban J connectivity index is 1.85. The number of rotatable bonds is 3. The summed E-state index contributed by atoms with van der Waals surface area (Å²) in [5.41, 5.74) is 1.88. The van der Waals surface area contributed by atoms with Gasteiger partial charge in [0, 0.05) is 17.7 Å². The van der Waals surface area contributed by atoms with E-state index >= 15 is 0 Å². The van der Waals surface area contributed by atoms with E-state index in [0.29, 0.717) is 24.3 Å². The zero-order chi connectivity index (χ0) is 13.2. The topological polar surface area (TPSA) is 59.2 Å². The third-order valence-corrected chi connectivity index (χ3v) is 3.30. The fourth-order valence-corrected chi connectivity index (χ4v) is 2.27. The van der Waals surface area contributed by atoms with Gasteiger partial charge in [0.15, 0.2) is 0 Å². The third-order valence-electron chi connectivity index (χ3n) is 3.30. The Labute approximate surface area is 110 Å². The normalized spacial score (nSPS) is 18.3. The number of cyclic esters (lactones) is 1. The van der Waals surface area contributed by atoms with E-state index in [9.17, 15) is 9.59 Å². The van der Waals surface area contributed by atoms with E-state index in [2.05, 4.69) is 4.98 Å². The molecule has 0 spiro atoms. The lowest BCUT2D eigenvalue weighted by Crippen LogP contribution is -2.07. The van der Waals surface area contributed by atoms with Crippen LogP contribution < -0.4 is 0 Å². The average Bonchev–Trinajstić information content (AvgIpc) is 3.07. The maximum atomic E-state index is 12.2. The van der Waals surface area contributed by atoms with Crippen molar-refractivity contribution in [2.24, 2.45) is 0 Å². The minimum Gasteiger partial charge on any atom is -0.465 e. The number of carbonyl (C=O) groups excluding carboxylic acids is 2. The largest absolute Gasteiger partial charge is 0.465 e. The summed E-state index contributed by atoms with van der Waals surface area (Å²) < 4.78 is 4.93. The van der Waals surface area contributed by atoms with Crippen molar-refractivity contribution >= 4 is 11.8 Å². The second-order valence-corrected chi connectivity index (χ2v) is 4.53. The van der Waals surface area contributed by atoms with Crippen LogP contribution in [0.5, 0.6) is 0 Å². The number of nitrogens with one attached hydrogen (secondary N) is 1. The highest BCUT2D eigenvalue weighted by Gasteiger charge is 2.29. The van der Waals surface area contributed by atoms with Gasteiger partial charge >= 0.3 is 5.97 Å². The van der Waals surface area contributed by atoms with Crippen molar-refractivity contribution in [1.29, 1.82) is 0 Å². The molecule has 0 amide bonds. The molecule has 1 N–H and O–H groups in total. The molecule has 1 aliphatic heterocycles. The number of ether oxygens (including phenoxy) is 1. The Bertz CT molecular complexity index is 615. The van der Waals surface area contributed by atoms with Crippen LogP contribution in [0.25, 0.3) is 0 Å². The van der Waals surface area contributed by atoms with Gasteiger partial charge in [-0.3, -0.25) is 9.59 Å².